The molecule has 2 aromatic heterocycles. The van der Waals surface area contributed by atoms with Crippen molar-refractivity contribution in [2.24, 2.45) is 0 Å². The van der Waals surface area contributed by atoms with E-state index in [0.717, 1.165) is 10.7 Å². The van der Waals surface area contributed by atoms with Gasteiger partial charge < -0.3 is 4.74 Å². The molecule has 0 aliphatic rings. The molecule has 0 spiro atoms. The Bertz CT molecular complexity index is 539. The van der Waals surface area contributed by atoms with Gasteiger partial charge in [-0.2, -0.15) is 0 Å². The van der Waals surface area contributed by atoms with Crippen molar-refractivity contribution in [1.82, 2.24) is 15.0 Å². The van der Waals surface area contributed by atoms with Crippen LogP contribution in [0, 0.1) is 6.92 Å². The second-order valence-electron chi connectivity index (χ2n) is 3.39. The van der Waals surface area contributed by atoms with Crippen LogP contribution in [0.15, 0.2) is 17.6 Å². The summed E-state index contributed by atoms with van der Waals surface area (Å²) in [5.41, 5.74) is 1.48. The minimum Gasteiger partial charge on any atom is -0.469 e. The van der Waals surface area contributed by atoms with E-state index in [0.29, 0.717) is 11.5 Å². The zero-order valence-electron chi connectivity index (χ0n) is 9.51. The predicted molar refractivity (Wildman–Crippen MR) is 63.6 cm³/mol. The smallest absolute Gasteiger partial charge is 0.311 e. The van der Waals surface area contributed by atoms with Gasteiger partial charge in [-0.15, -0.1) is 11.3 Å². The Kier molecular flexibility index (Phi) is 3.43. The second kappa shape index (κ2) is 5.01. The summed E-state index contributed by atoms with van der Waals surface area (Å²) in [7, 11) is 1.36. The number of aryl methyl sites for hydroxylation is 1. The Morgan fingerprint density at radius 2 is 2.29 bits per heavy atom. The average molecular weight is 249 g/mol. The molecule has 0 N–H and O–H groups in total. The standard InChI is InChI=1S/C11H11N3O2S/c1-7-12-4-3-9(13-7)11-14-8(6-17-11)5-10(15)16-2/h3-4,6H,5H2,1-2H3. The maximum absolute atomic E-state index is 11.1. The van der Waals surface area contributed by atoms with Gasteiger partial charge >= 0.3 is 5.97 Å². The number of methoxy groups -OCH3 is 1. The van der Waals surface area contributed by atoms with Crippen molar-refractivity contribution in [2.45, 2.75) is 13.3 Å². The van der Waals surface area contributed by atoms with Gasteiger partial charge in [-0.25, -0.2) is 15.0 Å². The third-order valence-corrected chi connectivity index (χ3v) is 3.01. The molecule has 0 aliphatic carbocycles. The molecule has 0 amide bonds. The molecule has 0 saturated heterocycles. The molecule has 17 heavy (non-hydrogen) atoms. The number of hydrogen-bond acceptors (Lipinski definition) is 6. The predicted octanol–water partition coefficient (Wildman–Crippen LogP) is 1.62. The van der Waals surface area contributed by atoms with Gasteiger partial charge in [0.25, 0.3) is 0 Å². The summed E-state index contributed by atoms with van der Waals surface area (Å²) in [6, 6.07) is 1.80. The maximum atomic E-state index is 11.1. The number of aromatic nitrogens is 3. The van der Waals surface area contributed by atoms with Crippen molar-refractivity contribution in [1.29, 1.82) is 0 Å². The van der Waals surface area contributed by atoms with Gasteiger partial charge in [-0.1, -0.05) is 0 Å². The van der Waals surface area contributed by atoms with Crippen molar-refractivity contribution in [2.75, 3.05) is 7.11 Å². The largest absolute Gasteiger partial charge is 0.469 e. The van der Waals surface area contributed by atoms with Crippen LogP contribution in [-0.2, 0) is 16.0 Å². The molecule has 0 bridgehead atoms. The zero-order chi connectivity index (χ0) is 12.3. The lowest BCUT2D eigenvalue weighted by atomic mass is 10.3. The highest BCUT2D eigenvalue weighted by Crippen LogP contribution is 2.21. The monoisotopic (exact) mass is 249 g/mol. The van der Waals surface area contributed by atoms with Gasteiger partial charge in [0.1, 0.15) is 16.5 Å². The van der Waals surface area contributed by atoms with Gasteiger partial charge in [0.15, 0.2) is 0 Å². The summed E-state index contributed by atoms with van der Waals surface area (Å²) in [5.74, 6) is 0.410. The number of carbonyl (C=O) groups excluding carboxylic acids is 1. The van der Waals surface area contributed by atoms with Gasteiger partial charge in [-0.05, 0) is 13.0 Å². The minimum atomic E-state index is -0.291. The Morgan fingerprint density at radius 3 is 3.00 bits per heavy atom. The molecular formula is C11H11N3O2S. The van der Waals surface area contributed by atoms with Crippen molar-refractivity contribution in [3.8, 4) is 10.7 Å². The fourth-order valence-corrected chi connectivity index (χ4v) is 2.09. The van der Waals surface area contributed by atoms with Crippen molar-refractivity contribution in [3.63, 3.8) is 0 Å². The molecule has 0 saturated carbocycles. The Labute approximate surface area is 103 Å². The molecular weight excluding hydrogens is 238 g/mol. The minimum absolute atomic E-state index is 0.192. The zero-order valence-corrected chi connectivity index (χ0v) is 10.3. The fourth-order valence-electron chi connectivity index (χ4n) is 1.30. The highest BCUT2D eigenvalue weighted by atomic mass is 32.1. The third kappa shape index (κ3) is 2.85. The van der Waals surface area contributed by atoms with E-state index < -0.39 is 0 Å². The maximum Gasteiger partial charge on any atom is 0.311 e. The number of nitrogens with zero attached hydrogens (tertiary/aromatic N) is 3. The van der Waals surface area contributed by atoms with E-state index >= 15 is 0 Å². The lowest BCUT2D eigenvalue weighted by molar-refractivity contribution is -0.139. The first-order valence-electron chi connectivity index (χ1n) is 5.00. The fraction of sp³-hybridized carbons (Fsp3) is 0.273. The molecule has 0 radical (unpaired) electrons. The first-order chi connectivity index (χ1) is 8.19. The van der Waals surface area contributed by atoms with Crippen LogP contribution in [0.25, 0.3) is 10.7 Å². The van der Waals surface area contributed by atoms with Crippen LogP contribution in [0.3, 0.4) is 0 Å². The molecule has 2 aromatic rings. The third-order valence-electron chi connectivity index (χ3n) is 2.10. The first kappa shape index (κ1) is 11.7. The first-order valence-corrected chi connectivity index (χ1v) is 5.88. The Morgan fingerprint density at radius 1 is 1.47 bits per heavy atom. The van der Waals surface area contributed by atoms with Crippen LogP contribution in [0.2, 0.25) is 0 Å². The molecule has 6 heteroatoms. The Balaban J connectivity index is 2.21. The summed E-state index contributed by atoms with van der Waals surface area (Å²) < 4.78 is 4.59. The van der Waals surface area contributed by atoms with E-state index in [-0.39, 0.29) is 12.4 Å². The quantitative estimate of drug-likeness (QED) is 0.773. The number of thiazole rings is 1. The number of carbonyl (C=O) groups is 1. The van der Waals surface area contributed by atoms with Crippen LogP contribution in [-0.4, -0.2) is 28.0 Å². The van der Waals surface area contributed by atoms with Crippen molar-refractivity contribution in [3.05, 3.63) is 29.2 Å². The second-order valence-corrected chi connectivity index (χ2v) is 4.24. The van der Waals surface area contributed by atoms with Crippen LogP contribution in [0.5, 0.6) is 0 Å². The van der Waals surface area contributed by atoms with Crippen molar-refractivity contribution >= 4 is 17.3 Å². The van der Waals surface area contributed by atoms with Gasteiger partial charge in [0.2, 0.25) is 0 Å². The molecule has 5 nitrogen and oxygen atoms in total. The van der Waals surface area contributed by atoms with E-state index in [2.05, 4.69) is 19.7 Å². The van der Waals surface area contributed by atoms with E-state index in [1.807, 2.05) is 12.3 Å². The molecule has 0 atom stereocenters. The van der Waals surface area contributed by atoms with Crippen LogP contribution < -0.4 is 0 Å². The van der Waals surface area contributed by atoms with Gasteiger partial charge in [0.05, 0.1) is 19.2 Å². The van der Waals surface area contributed by atoms with Gasteiger partial charge in [-0.3, -0.25) is 4.79 Å². The van der Waals surface area contributed by atoms with E-state index in [9.17, 15) is 4.79 Å². The summed E-state index contributed by atoms with van der Waals surface area (Å²) in [4.78, 5) is 23.7. The number of hydrogen-bond donors (Lipinski definition) is 0. The number of esters is 1. The highest BCUT2D eigenvalue weighted by molar-refractivity contribution is 7.13. The highest BCUT2D eigenvalue weighted by Gasteiger charge is 2.09. The van der Waals surface area contributed by atoms with E-state index in [1.165, 1.54) is 18.4 Å². The molecule has 0 aromatic carbocycles. The molecule has 0 unspecified atom stereocenters. The molecule has 88 valence electrons. The van der Waals surface area contributed by atoms with Crippen LogP contribution in [0.4, 0.5) is 0 Å². The molecule has 0 fully saturated rings. The summed E-state index contributed by atoms with van der Waals surface area (Å²) in [5, 5.41) is 2.62. The molecule has 2 heterocycles. The average Bonchev–Trinajstić information content (AvgIpc) is 2.77. The number of rotatable bonds is 3. The summed E-state index contributed by atoms with van der Waals surface area (Å²) in [6.45, 7) is 1.83. The van der Waals surface area contributed by atoms with Crippen LogP contribution in [0.1, 0.15) is 11.5 Å². The molecule has 0 aliphatic heterocycles. The normalized spacial score (nSPS) is 10.2. The lowest BCUT2D eigenvalue weighted by Crippen LogP contribution is -2.04. The molecule has 2 rings (SSSR count). The van der Waals surface area contributed by atoms with Crippen LogP contribution >= 0.6 is 11.3 Å². The summed E-state index contributed by atoms with van der Waals surface area (Å²) >= 11 is 1.45. The SMILES string of the molecule is COC(=O)Cc1csc(-c2ccnc(C)n2)n1. The van der Waals surface area contributed by atoms with E-state index in [4.69, 9.17) is 0 Å². The number of ether oxygens (including phenoxy) is 1. The topological polar surface area (TPSA) is 65.0 Å². The lowest BCUT2D eigenvalue weighted by Gasteiger charge is -1.96. The van der Waals surface area contributed by atoms with E-state index in [1.54, 1.807) is 12.3 Å². The van der Waals surface area contributed by atoms with Crippen molar-refractivity contribution < 1.29 is 9.53 Å². The van der Waals surface area contributed by atoms with Gasteiger partial charge in [0, 0.05) is 11.6 Å². The summed E-state index contributed by atoms with van der Waals surface area (Å²) in [6.07, 6.45) is 1.89. The Hall–Kier alpha value is -1.82.